The Bertz CT molecular complexity index is 1090. The van der Waals surface area contributed by atoms with Gasteiger partial charge in [0.2, 0.25) is 0 Å². The molecule has 5 rings (SSSR count). The average molecular weight is 413 g/mol. The monoisotopic (exact) mass is 413 g/mol. The second-order valence-electron chi connectivity index (χ2n) is 6.05. The molecule has 0 amide bonds. The molecular weight excluding hydrogens is 398 g/mol. The van der Waals surface area contributed by atoms with Gasteiger partial charge in [0.1, 0.15) is 6.61 Å². The fourth-order valence-corrected chi connectivity index (χ4v) is 4.23. The second-order valence-corrected chi connectivity index (χ2v) is 7.94. The molecule has 4 heterocycles. The van der Waals surface area contributed by atoms with Crippen LogP contribution in [-0.2, 0) is 12.8 Å². The van der Waals surface area contributed by atoms with Gasteiger partial charge in [0.25, 0.3) is 5.89 Å². The molecule has 0 saturated heterocycles. The van der Waals surface area contributed by atoms with Gasteiger partial charge in [0.15, 0.2) is 34.4 Å². The van der Waals surface area contributed by atoms with Crippen molar-refractivity contribution in [2.24, 2.45) is 7.05 Å². The number of hydrogen-bond acceptors (Lipinski definition) is 9. The highest BCUT2D eigenvalue weighted by Crippen LogP contribution is 2.36. The Balaban J connectivity index is 1.27. The third-order valence-electron chi connectivity index (χ3n) is 4.20. The lowest BCUT2D eigenvalue weighted by Crippen LogP contribution is -2.24. The summed E-state index contributed by atoms with van der Waals surface area (Å²) < 4.78 is 19.0. The highest BCUT2D eigenvalue weighted by molar-refractivity contribution is 7.98. The fourth-order valence-electron chi connectivity index (χ4n) is 2.82. The Morgan fingerprint density at radius 3 is 2.93 bits per heavy atom. The number of para-hydroxylation sites is 2. The van der Waals surface area contributed by atoms with E-state index < -0.39 is 0 Å². The number of rotatable bonds is 5. The van der Waals surface area contributed by atoms with E-state index in [2.05, 4.69) is 20.3 Å². The minimum Gasteiger partial charge on any atom is -0.485 e. The zero-order valence-electron chi connectivity index (χ0n) is 14.8. The minimum atomic E-state index is -0.308. The van der Waals surface area contributed by atoms with E-state index in [0.717, 1.165) is 15.8 Å². The van der Waals surface area contributed by atoms with Gasteiger partial charge in [0, 0.05) is 7.05 Å². The molecule has 8 nitrogen and oxygen atoms in total. The fraction of sp³-hybridized carbons (Fsp3) is 0.222. The molecule has 0 bridgehead atoms. The summed E-state index contributed by atoms with van der Waals surface area (Å²) in [6, 6.07) is 11.5. The number of thiophene rings is 1. The number of nitrogens with zero attached hydrogens (tertiary/aromatic N) is 5. The number of fused-ring (bicyclic) bond motifs is 1. The van der Waals surface area contributed by atoms with E-state index in [1.807, 2.05) is 53.4 Å². The van der Waals surface area contributed by atoms with Crippen molar-refractivity contribution in [2.45, 2.75) is 17.0 Å². The van der Waals surface area contributed by atoms with Crippen LogP contribution in [-0.4, -0.2) is 31.5 Å². The van der Waals surface area contributed by atoms with Crippen LogP contribution >= 0.6 is 23.1 Å². The number of ether oxygens (including phenoxy) is 2. The van der Waals surface area contributed by atoms with Gasteiger partial charge >= 0.3 is 0 Å². The van der Waals surface area contributed by atoms with E-state index >= 15 is 0 Å². The smallest absolute Gasteiger partial charge is 0.268 e. The highest BCUT2D eigenvalue weighted by atomic mass is 32.2. The summed E-state index contributed by atoms with van der Waals surface area (Å²) in [6.07, 6.45) is -0.308. The van der Waals surface area contributed by atoms with Crippen molar-refractivity contribution >= 4 is 23.1 Å². The first kappa shape index (κ1) is 17.3. The van der Waals surface area contributed by atoms with Crippen LogP contribution in [0.5, 0.6) is 11.5 Å². The normalized spacial score (nSPS) is 15.7. The topological polar surface area (TPSA) is 88.1 Å². The van der Waals surface area contributed by atoms with Gasteiger partial charge in [-0.1, -0.05) is 35.1 Å². The molecule has 0 aliphatic carbocycles. The zero-order chi connectivity index (χ0) is 18.9. The van der Waals surface area contributed by atoms with Crippen molar-refractivity contribution in [1.82, 2.24) is 24.9 Å². The van der Waals surface area contributed by atoms with Gasteiger partial charge in [-0.25, -0.2) is 0 Å². The number of aromatic nitrogens is 5. The van der Waals surface area contributed by atoms with Crippen LogP contribution < -0.4 is 9.47 Å². The van der Waals surface area contributed by atoms with E-state index in [-0.39, 0.29) is 6.10 Å². The van der Waals surface area contributed by atoms with Crippen LogP contribution in [0.3, 0.4) is 0 Å². The van der Waals surface area contributed by atoms with Crippen molar-refractivity contribution < 1.29 is 14.0 Å². The third kappa shape index (κ3) is 3.25. The molecule has 10 heteroatoms. The lowest BCUT2D eigenvalue weighted by atomic mass is 10.2. The molecule has 28 heavy (non-hydrogen) atoms. The minimum absolute atomic E-state index is 0.308. The molecule has 0 saturated carbocycles. The summed E-state index contributed by atoms with van der Waals surface area (Å²) in [5.74, 6) is 3.85. The third-order valence-corrected chi connectivity index (χ3v) is 6.07. The molecule has 1 aliphatic heterocycles. The maximum atomic E-state index is 6.02. The first-order valence-electron chi connectivity index (χ1n) is 8.55. The quantitative estimate of drug-likeness (QED) is 0.457. The highest BCUT2D eigenvalue weighted by Gasteiger charge is 2.27. The van der Waals surface area contributed by atoms with Gasteiger partial charge < -0.3 is 18.6 Å². The molecule has 0 spiro atoms. The van der Waals surface area contributed by atoms with Crippen molar-refractivity contribution in [2.75, 3.05) is 6.61 Å². The Hall–Kier alpha value is -2.85. The molecule has 0 radical (unpaired) electrons. The molecule has 0 N–H and O–H groups in total. The largest absolute Gasteiger partial charge is 0.485 e. The Morgan fingerprint density at radius 2 is 2.07 bits per heavy atom. The van der Waals surface area contributed by atoms with Crippen LogP contribution in [0.4, 0.5) is 0 Å². The van der Waals surface area contributed by atoms with Crippen molar-refractivity contribution in [3.8, 4) is 22.3 Å². The Kier molecular flexibility index (Phi) is 4.49. The maximum Gasteiger partial charge on any atom is 0.268 e. The Morgan fingerprint density at radius 1 is 1.18 bits per heavy atom. The van der Waals surface area contributed by atoms with Crippen LogP contribution in [0.1, 0.15) is 17.8 Å². The summed E-state index contributed by atoms with van der Waals surface area (Å²) in [7, 11) is 1.91. The standard InChI is InChI=1S/C18H15N5O3S2/c1-23-16(13-9-24-11-5-2-3-6-12(11)25-13)20-21-18(23)28-10-15-19-17(26-22-15)14-7-4-8-27-14/h2-8,13H,9-10H2,1H3. The van der Waals surface area contributed by atoms with E-state index in [1.54, 1.807) is 11.3 Å². The second kappa shape index (κ2) is 7.28. The summed E-state index contributed by atoms with van der Waals surface area (Å²) in [5, 5.41) is 15.3. The zero-order valence-corrected chi connectivity index (χ0v) is 16.4. The summed E-state index contributed by atoms with van der Waals surface area (Å²) in [6.45, 7) is 0.392. The van der Waals surface area contributed by atoms with Gasteiger partial charge in [-0.15, -0.1) is 21.5 Å². The maximum absolute atomic E-state index is 6.02. The molecule has 4 aromatic rings. The van der Waals surface area contributed by atoms with Crippen molar-refractivity contribution in [3.05, 3.63) is 53.4 Å². The molecular formula is C18H15N5O3S2. The summed E-state index contributed by atoms with van der Waals surface area (Å²) in [4.78, 5) is 5.39. The Labute approximate surface area is 168 Å². The molecule has 1 aliphatic rings. The molecule has 3 aromatic heterocycles. The van der Waals surface area contributed by atoms with Crippen LogP contribution in [0.15, 0.2) is 51.5 Å². The van der Waals surface area contributed by atoms with Crippen molar-refractivity contribution in [1.29, 1.82) is 0 Å². The summed E-state index contributed by atoms with van der Waals surface area (Å²) >= 11 is 3.06. The van der Waals surface area contributed by atoms with Gasteiger partial charge in [-0.05, 0) is 23.6 Å². The van der Waals surface area contributed by atoms with Crippen LogP contribution in [0.25, 0.3) is 10.8 Å². The SMILES string of the molecule is Cn1c(SCc2noc(-c3cccs3)n2)nnc1C1COc2ccccc2O1. The first-order valence-corrected chi connectivity index (χ1v) is 10.4. The first-order chi connectivity index (χ1) is 13.8. The summed E-state index contributed by atoms with van der Waals surface area (Å²) in [5.41, 5.74) is 0. The molecule has 1 atom stereocenters. The molecule has 142 valence electrons. The average Bonchev–Trinajstić information content (AvgIpc) is 3.47. The van der Waals surface area contributed by atoms with E-state index in [9.17, 15) is 0 Å². The van der Waals surface area contributed by atoms with E-state index in [1.165, 1.54) is 11.8 Å². The lowest BCUT2D eigenvalue weighted by Gasteiger charge is -2.25. The molecule has 0 fully saturated rings. The van der Waals surface area contributed by atoms with Gasteiger partial charge in [-0.2, -0.15) is 4.98 Å². The predicted octanol–water partition coefficient (Wildman–Crippen LogP) is 3.73. The molecule has 1 aromatic carbocycles. The molecule has 1 unspecified atom stereocenters. The van der Waals surface area contributed by atoms with Gasteiger partial charge in [-0.3, -0.25) is 0 Å². The number of hydrogen-bond donors (Lipinski definition) is 0. The van der Waals surface area contributed by atoms with E-state index in [4.69, 9.17) is 14.0 Å². The predicted molar refractivity (Wildman–Crippen MR) is 103 cm³/mol. The van der Waals surface area contributed by atoms with E-state index in [0.29, 0.717) is 35.6 Å². The van der Waals surface area contributed by atoms with Crippen molar-refractivity contribution in [3.63, 3.8) is 0 Å². The van der Waals surface area contributed by atoms with Crippen LogP contribution in [0, 0.1) is 0 Å². The lowest BCUT2D eigenvalue weighted by molar-refractivity contribution is 0.0825. The van der Waals surface area contributed by atoms with Gasteiger partial charge in [0.05, 0.1) is 10.6 Å². The number of thioether (sulfide) groups is 1. The number of benzene rings is 1. The van der Waals surface area contributed by atoms with Crippen LogP contribution in [0.2, 0.25) is 0 Å².